The van der Waals surface area contributed by atoms with E-state index in [1.807, 2.05) is 0 Å². The van der Waals surface area contributed by atoms with Crippen LogP contribution in [0.5, 0.6) is 0 Å². The van der Waals surface area contributed by atoms with E-state index in [1.165, 1.54) is 7.11 Å². The average Bonchev–Trinajstić information content (AvgIpc) is 2.28. The predicted octanol–water partition coefficient (Wildman–Crippen LogP) is 2.77. The van der Waals surface area contributed by atoms with Crippen LogP contribution in [0.1, 0.15) is 23.2 Å². The third-order valence-corrected chi connectivity index (χ3v) is 2.67. The van der Waals surface area contributed by atoms with Crippen molar-refractivity contribution in [3.05, 3.63) is 28.8 Å². The average molecular weight is 312 g/mol. The van der Waals surface area contributed by atoms with Crippen LogP contribution in [0, 0.1) is 5.95 Å². The summed E-state index contributed by atoms with van der Waals surface area (Å²) in [6.45, 7) is 0. The highest BCUT2D eigenvalue weighted by molar-refractivity contribution is 9.08. The Morgan fingerprint density at radius 1 is 1.59 bits per heavy atom. The standard InChI is InChI=1S/C10H9BrF3NO2/c1-17-8(16)3-5-2-7(9(12)13)15-10(14)6(5)4-11/h2,9H,3-4H2,1H3. The smallest absolute Gasteiger partial charge is 0.309 e. The van der Waals surface area contributed by atoms with Crippen LogP contribution in [0.25, 0.3) is 0 Å². The van der Waals surface area contributed by atoms with Crippen LogP contribution >= 0.6 is 15.9 Å². The summed E-state index contributed by atoms with van der Waals surface area (Å²) in [7, 11) is 1.17. The summed E-state index contributed by atoms with van der Waals surface area (Å²) in [6, 6.07) is 1.02. The molecule has 1 rings (SSSR count). The topological polar surface area (TPSA) is 39.2 Å². The molecule has 1 aromatic rings. The molecular weight excluding hydrogens is 303 g/mol. The molecule has 3 nitrogen and oxygen atoms in total. The summed E-state index contributed by atoms with van der Waals surface area (Å²) in [5.74, 6) is -1.63. The van der Waals surface area contributed by atoms with Gasteiger partial charge in [-0.15, -0.1) is 0 Å². The summed E-state index contributed by atoms with van der Waals surface area (Å²) in [4.78, 5) is 14.2. The lowest BCUT2D eigenvalue weighted by Crippen LogP contribution is -2.10. The molecule has 0 aromatic carbocycles. The van der Waals surface area contributed by atoms with Gasteiger partial charge in [0, 0.05) is 10.9 Å². The molecule has 0 aliphatic carbocycles. The van der Waals surface area contributed by atoms with Gasteiger partial charge in [-0.05, 0) is 11.6 Å². The van der Waals surface area contributed by atoms with E-state index >= 15 is 0 Å². The van der Waals surface area contributed by atoms with Crippen LogP contribution < -0.4 is 0 Å². The number of carbonyl (C=O) groups is 1. The van der Waals surface area contributed by atoms with E-state index in [-0.39, 0.29) is 22.9 Å². The number of rotatable bonds is 4. The van der Waals surface area contributed by atoms with Crippen molar-refractivity contribution < 1.29 is 22.7 Å². The Balaban J connectivity index is 3.19. The maximum absolute atomic E-state index is 13.4. The lowest BCUT2D eigenvalue weighted by molar-refractivity contribution is -0.139. The van der Waals surface area contributed by atoms with Crippen molar-refractivity contribution in [2.45, 2.75) is 18.2 Å². The fourth-order valence-corrected chi connectivity index (χ4v) is 1.84. The molecule has 0 bridgehead atoms. The number of aromatic nitrogens is 1. The quantitative estimate of drug-likeness (QED) is 0.487. The van der Waals surface area contributed by atoms with Crippen LogP contribution in [0.3, 0.4) is 0 Å². The van der Waals surface area contributed by atoms with E-state index in [1.54, 1.807) is 0 Å². The van der Waals surface area contributed by atoms with Gasteiger partial charge < -0.3 is 4.74 Å². The Morgan fingerprint density at radius 3 is 2.71 bits per heavy atom. The molecule has 0 saturated heterocycles. The molecule has 0 spiro atoms. The van der Waals surface area contributed by atoms with Gasteiger partial charge in [-0.3, -0.25) is 4.79 Å². The molecule has 0 aliphatic heterocycles. The first-order valence-corrected chi connectivity index (χ1v) is 5.70. The number of alkyl halides is 3. The van der Waals surface area contributed by atoms with Crippen molar-refractivity contribution in [3.63, 3.8) is 0 Å². The molecule has 1 heterocycles. The minimum absolute atomic E-state index is 0.0831. The highest BCUT2D eigenvalue weighted by Crippen LogP contribution is 2.23. The second kappa shape index (κ2) is 6.00. The molecule has 0 fully saturated rings. The Bertz CT molecular complexity index is 426. The molecular formula is C10H9BrF3NO2. The highest BCUT2D eigenvalue weighted by Gasteiger charge is 2.18. The maximum Gasteiger partial charge on any atom is 0.309 e. The van der Waals surface area contributed by atoms with Crippen LogP contribution in [0.15, 0.2) is 6.07 Å². The number of nitrogens with zero attached hydrogens (tertiary/aromatic N) is 1. The molecule has 17 heavy (non-hydrogen) atoms. The van der Waals surface area contributed by atoms with Gasteiger partial charge in [0.1, 0.15) is 5.69 Å². The van der Waals surface area contributed by atoms with Crippen molar-refractivity contribution in [3.8, 4) is 0 Å². The van der Waals surface area contributed by atoms with E-state index < -0.39 is 24.0 Å². The van der Waals surface area contributed by atoms with Crippen LogP contribution in [0.4, 0.5) is 13.2 Å². The third kappa shape index (κ3) is 3.42. The molecule has 0 unspecified atom stereocenters. The van der Waals surface area contributed by atoms with Crippen LogP contribution in [0.2, 0.25) is 0 Å². The monoisotopic (exact) mass is 311 g/mol. The number of halogens is 4. The summed E-state index contributed by atoms with van der Waals surface area (Å²) in [5.41, 5.74) is -0.456. The van der Waals surface area contributed by atoms with Gasteiger partial charge in [0.2, 0.25) is 5.95 Å². The van der Waals surface area contributed by atoms with Crippen LogP contribution in [-0.4, -0.2) is 18.1 Å². The number of hydrogen-bond acceptors (Lipinski definition) is 3. The zero-order valence-electron chi connectivity index (χ0n) is 8.84. The van der Waals surface area contributed by atoms with Crippen molar-refractivity contribution in [1.29, 1.82) is 0 Å². The van der Waals surface area contributed by atoms with E-state index in [4.69, 9.17) is 0 Å². The Labute approximate surface area is 104 Å². The van der Waals surface area contributed by atoms with Gasteiger partial charge >= 0.3 is 5.97 Å². The van der Waals surface area contributed by atoms with Crippen LogP contribution in [-0.2, 0) is 21.3 Å². The third-order valence-electron chi connectivity index (χ3n) is 2.11. The van der Waals surface area contributed by atoms with E-state index in [2.05, 4.69) is 25.7 Å². The van der Waals surface area contributed by atoms with E-state index in [0.29, 0.717) is 0 Å². The minimum Gasteiger partial charge on any atom is -0.469 e. The van der Waals surface area contributed by atoms with Gasteiger partial charge in [0.25, 0.3) is 6.43 Å². The number of esters is 1. The first kappa shape index (κ1) is 14.0. The number of methoxy groups -OCH3 is 1. The summed E-state index contributed by atoms with van der Waals surface area (Å²) < 4.78 is 42.7. The van der Waals surface area contributed by atoms with Crippen molar-refractivity contribution in [1.82, 2.24) is 4.98 Å². The molecule has 0 N–H and O–H groups in total. The molecule has 0 aliphatic rings. The van der Waals surface area contributed by atoms with Gasteiger partial charge in [0.05, 0.1) is 13.5 Å². The Kier molecular flexibility index (Phi) is 4.92. The summed E-state index contributed by atoms with van der Waals surface area (Å²) >= 11 is 3.01. The van der Waals surface area contributed by atoms with E-state index in [9.17, 15) is 18.0 Å². The fourth-order valence-electron chi connectivity index (χ4n) is 1.25. The lowest BCUT2D eigenvalue weighted by atomic mass is 10.1. The molecule has 1 aromatic heterocycles. The SMILES string of the molecule is COC(=O)Cc1cc(C(F)F)nc(F)c1CBr. The lowest BCUT2D eigenvalue weighted by Gasteiger charge is -2.09. The molecule has 0 atom stereocenters. The zero-order valence-corrected chi connectivity index (χ0v) is 10.4. The highest BCUT2D eigenvalue weighted by atomic mass is 79.9. The normalized spacial score (nSPS) is 10.7. The van der Waals surface area contributed by atoms with Gasteiger partial charge in [-0.2, -0.15) is 4.39 Å². The fraction of sp³-hybridized carbons (Fsp3) is 0.400. The predicted molar refractivity (Wildman–Crippen MR) is 57.5 cm³/mol. The number of ether oxygens (including phenoxy) is 1. The molecule has 7 heteroatoms. The first-order chi connectivity index (χ1) is 7.99. The molecule has 0 amide bonds. The Hall–Kier alpha value is -1.11. The number of hydrogen-bond donors (Lipinski definition) is 0. The van der Waals surface area contributed by atoms with Gasteiger partial charge in [0.15, 0.2) is 0 Å². The largest absolute Gasteiger partial charge is 0.469 e. The van der Waals surface area contributed by atoms with Gasteiger partial charge in [-0.25, -0.2) is 13.8 Å². The number of carbonyl (C=O) groups excluding carboxylic acids is 1. The molecule has 0 radical (unpaired) electrons. The van der Waals surface area contributed by atoms with Gasteiger partial charge in [-0.1, -0.05) is 15.9 Å². The summed E-state index contributed by atoms with van der Waals surface area (Å²) in [6.07, 6.45) is -3.15. The van der Waals surface area contributed by atoms with Crippen molar-refractivity contribution in [2.75, 3.05) is 7.11 Å². The van der Waals surface area contributed by atoms with Crippen molar-refractivity contribution in [2.24, 2.45) is 0 Å². The molecule has 94 valence electrons. The van der Waals surface area contributed by atoms with Crippen molar-refractivity contribution >= 4 is 21.9 Å². The summed E-state index contributed by atoms with van der Waals surface area (Å²) in [5, 5.41) is 0.0850. The van der Waals surface area contributed by atoms with E-state index in [0.717, 1.165) is 6.07 Å². The number of pyridine rings is 1. The second-order valence-corrected chi connectivity index (χ2v) is 3.72. The first-order valence-electron chi connectivity index (χ1n) is 4.58. The zero-order chi connectivity index (χ0) is 13.0. The molecule has 0 saturated carbocycles. The maximum atomic E-state index is 13.4. The minimum atomic E-state index is -2.88. The Morgan fingerprint density at radius 2 is 2.24 bits per heavy atom. The second-order valence-electron chi connectivity index (χ2n) is 3.16.